The van der Waals surface area contributed by atoms with Crippen LogP contribution in [0, 0.1) is 0 Å². The number of amides is 1. The van der Waals surface area contributed by atoms with E-state index in [4.69, 9.17) is 13.9 Å². The number of benzene rings is 3. The second-order valence-electron chi connectivity index (χ2n) is 7.77. The number of nitrogens with one attached hydrogen (secondary N) is 1. The minimum Gasteiger partial charge on any atom is -0.477 e. The van der Waals surface area contributed by atoms with Crippen LogP contribution < -0.4 is 5.32 Å². The van der Waals surface area contributed by atoms with Gasteiger partial charge in [0.2, 0.25) is 0 Å². The number of hydrogen-bond acceptors (Lipinski definition) is 5. The van der Waals surface area contributed by atoms with Crippen molar-refractivity contribution in [2.24, 2.45) is 0 Å². The minimum atomic E-state index is -1.87. The van der Waals surface area contributed by atoms with Gasteiger partial charge in [-0.2, -0.15) is 0 Å². The van der Waals surface area contributed by atoms with Gasteiger partial charge in [-0.1, -0.05) is 60.7 Å². The van der Waals surface area contributed by atoms with Gasteiger partial charge >= 0.3 is 5.97 Å². The number of para-hydroxylation sites is 1. The van der Waals surface area contributed by atoms with Crippen LogP contribution >= 0.6 is 0 Å². The van der Waals surface area contributed by atoms with Crippen molar-refractivity contribution in [2.45, 2.75) is 18.8 Å². The normalized spacial score (nSPS) is 12.9. The first-order valence-corrected chi connectivity index (χ1v) is 10.8. The Hall–Kier alpha value is -3.94. The lowest BCUT2D eigenvalue weighted by Gasteiger charge is -2.28. The Balaban J connectivity index is 1.36. The van der Waals surface area contributed by atoms with E-state index < -0.39 is 11.8 Å². The zero-order valence-electron chi connectivity index (χ0n) is 18.7. The number of rotatable bonds is 10. The lowest BCUT2D eigenvalue weighted by Crippen LogP contribution is -2.46. The van der Waals surface area contributed by atoms with Crippen LogP contribution in [0.3, 0.4) is 0 Å². The molecule has 0 saturated heterocycles. The molecule has 0 aliphatic heterocycles. The Morgan fingerprint density at radius 1 is 0.971 bits per heavy atom. The van der Waals surface area contributed by atoms with E-state index in [-0.39, 0.29) is 25.5 Å². The first kappa shape index (κ1) is 23.2. The van der Waals surface area contributed by atoms with Crippen molar-refractivity contribution in [1.82, 2.24) is 5.32 Å². The highest BCUT2D eigenvalue weighted by molar-refractivity contribution is 5.94. The number of carboxylic acid groups (broad SMARTS) is 1. The molecule has 3 aromatic carbocycles. The molecule has 0 fully saturated rings. The third-order valence-corrected chi connectivity index (χ3v) is 5.57. The highest BCUT2D eigenvalue weighted by Gasteiger charge is 2.40. The number of carbonyl (C=O) groups excluding carboxylic acids is 1. The zero-order valence-corrected chi connectivity index (χ0v) is 18.7. The lowest BCUT2D eigenvalue weighted by molar-refractivity contribution is -0.241. The smallest absolute Gasteiger partial charge is 0.364 e. The Kier molecular flexibility index (Phi) is 7.06. The van der Waals surface area contributed by atoms with E-state index in [0.717, 1.165) is 27.9 Å². The molecule has 1 atom stereocenters. The Bertz CT molecular complexity index is 1230. The zero-order chi connectivity index (χ0) is 24.0. The first-order chi connectivity index (χ1) is 16.5. The summed E-state index contributed by atoms with van der Waals surface area (Å²) in [4.78, 5) is 24.5. The van der Waals surface area contributed by atoms with Gasteiger partial charge < -0.3 is 24.3 Å². The average Bonchev–Trinajstić information content (AvgIpc) is 3.31. The van der Waals surface area contributed by atoms with Gasteiger partial charge in [0.25, 0.3) is 11.7 Å². The predicted octanol–water partition coefficient (Wildman–Crippen LogP) is 4.86. The Morgan fingerprint density at radius 3 is 2.35 bits per heavy atom. The molecular weight excluding hydrogens is 434 g/mol. The maximum atomic E-state index is 12.6. The standard InChI is InChI=1S/C27H25NO6/c1-32-27(26(30)31,33-18-19-7-3-2-4-8-19)15-16-28-25(29)21-13-11-20(12-14-21)24-17-22-9-5-6-10-23(22)34-24/h2-14,17H,15-16,18H2,1H3,(H,28,29)(H,30,31)/t27-/m0/s1. The van der Waals surface area contributed by atoms with E-state index in [0.29, 0.717) is 5.56 Å². The summed E-state index contributed by atoms with van der Waals surface area (Å²) >= 11 is 0. The van der Waals surface area contributed by atoms with Crippen LogP contribution in [0.15, 0.2) is 89.3 Å². The summed E-state index contributed by atoms with van der Waals surface area (Å²) in [5.41, 5.74) is 2.92. The summed E-state index contributed by atoms with van der Waals surface area (Å²) in [5, 5.41) is 13.4. The summed E-state index contributed by atoms with van der Waals surface area (Å²) in [6.45, 7) is 0.122. The topological polar surface area (TPSA) is 98.0 Å². The highest BCUT2D eigenvalue weighted by atomic mass is 16.7. The number of hydrogen-bond donors (Lipinski definition) is 2. The third-order valence-electron chi connectivity index (χ3n) is 5.57. The van der Waals surface area contributed by atoms with Crippen LogP contribution in [0.25, 0.3) is 22.3 Å². The first-order valence-electron chi connectivity index (χ1n) is 10.8. The van der Waals surface area contributed by atoms with Gasteiger partial charge in [-0.25, -0.2) is 4.79 Å². The average molecular weight is 459 g/mol. The summed E-state index contributed by atoms with van der Waals surface area (Å²) in [7, 11) is 1.28. The van der Waals surface area contributed by atoms with Gasteiger partial charge in [-0.3, -0.25) is 4.79 Å². The molecule has 0 saturated carbocycles. The van der Waals surface area contributed by atoms with Gasteiger partial charge in [0.05, 0.1) is 6.61 Å². The monoisotopic (exact) mass is 459 g/mol. The molecule has 1 amide bonds. The van der Waals surface area contributed by atoms with Crippen molar-refractivity contribution in [3.05, 3.63) is 96.1 Å². The van der Waals surface area contributed by atoms with Crippen LogP contribution in [0.2, 0.25) is 0 Å². The molecule has 0 aliphatic carbocycles. The quantitative estimate of drug-likeness (QED) is 0.329. The second-order valence-corrected chi connectivity index (χ2v) is 7.77. The van der Waals surface area contributed by atoms with E-state index >= 15 is 0 Å². The molecule has 0 aliphatic rings. The second kappa shape index (κ2) is 10.3. The number of methoxy groups -OCH3 is 1. The van der Waals surface area contributed by atoms with E-state index in [9.17, 15) is 14.7 Å². The molecule has 4 rings (SSSR count). The molecule has 1 aromatic heterocycles. The molecule has 1 heterocycles. The van der Waals surface area contributed by atoms with Crippen LogP contribution in [0.5, 0.6) is 0 Å². The fraction of sp³-hybridized carbons (Fsp3) is 0.185. The number of furan rings is 1. The molecular formula is C27H25NO6. The van der Waals surface area contributed by atoms with E-state index in [1.807, 2.05) is 72.8 Å². The molecule has 34 heavy (non-hydrogen) atoms. The van der Waals surface area contributed by atoms with Crippen LogP contribution in [-0.2, 0) is 20.9 Å². The largest absolute Gasteiger partial charge is 0.477 e. The van der Waals surface area contributed by atoms with Crippen LogP contribution in [0.1, 0.15) is 22.3 Å². The van der Waals surface area contributed by atoms with E-state index in [2.05, 4.69) is 5.32 Å². The Labute approximate surface area is 196 Å². The van der Waals surface area contributed by atoms with Crippen molar-refractivity contribution in [1.29, 1.82) is 0 Å². The molecule has 174 valence electrons. The molecule has 2 N–H and O–H groups in total. The summed E-state index contributed by atoms with van der Waals surface area (Å²) in [6, 6.07) is 25.9. The molecule has 4 aromatic rings. The van der Waals surface area contributed by atoms with Crippen LogP contribution in [-0.4, -0.2) is 36.4 Å². The molecule has 7 nitrogen and oxygen atoms in total. The fourth-order valence-corrected chi connectivity index (χ4v) is 3.62. The summed E-state index contributed by atoms with van der Waals surface area (Å²) in [5.74, 6) is -2.73. The molecule has 0 unspecified atom stereocenters. The lowest BCUT2D eigenvalue weighted by atomic mass is 10.1. The van der Waals surface area contributed by atoms with Gasteiger partial charge in [0.15, 0.2) is 0 Å². The molecule has 7 heteroatoms. The molecule has 0 radical (unpaired) electrons. The molecule has 0 spiro atoms. The van der Waals surface area contributed by atoms with Gasteiger partial charge in [-0.05, 0) is 29.8 Å². The van der Waals surface area contributed by atoms with Crippen molar-refractivity contribution < 1.29 is 28.6 Å². The SMILES string of the molecule is CO[C@@](CCNC(=O)c1ccc(-c2cc3ccccc3o2)cc1)(OCc1ccccc1)C(=O)O. The van der Waals surface area contributed by atoms with Gasteiger partial charge in [0, 0.05) is 36.6 Å². The van der Waals surface area contributed by atoms with Crippen LogP contribution in [0.4, 0.5) is 0 Å². The Morgan fingerprint density at radius 2 is 1.68 bits per heavy atom. The summed E-state index contributed by atoms with van der Waals surface area (Å²) in [6.07, 6.45) is -0.0610. The number of carboxylic acids is 1. The van der Waals surface area contributed by atoms with Crippen molar-refractivity contribution in [2.75, 3.05) is 13.7 Å². The fourth-order valence-electron chi connectivity index (χ4n) is 3.62. The minimum absolute atomic E-state index is 0.0547. The third kappa shape index (κ3) is 5.17. The number of fused-ring (bicyclic) bond motifs is 1. The number of ether oxygens (including phenoxy) is 2. The van der Waals surface area contributed by atoms with Crippen molar-refractivity contribution in [3.63, 3.8) is 0 Å². The maximum Gasteiger partial charge on any atom is 0.364 e. The summed E-state index contributed by atoms with van der Waals surface area (Å²) < 4.78 is 16.7. The number of aliphatic carboxylic acids is 1. The van der Waals surface area contributed by atoms with Crippen molar-refractivity contribution >= 4 is 22.8 Å². The van der Waals surface area contributed by atoms with Crippen molar-refractivity contribution in [3.8, 4) is 11.3 Å². The number of carbonyl (C=O) groups is 2. The van der Waals surface area contributed by atoms with E-state index in [1.54, 1.807) is 12.1 Å². The maximum absolute atomic E-state index is 12.6. The van der Waals surface area contributed by atoms with E-state index in [1.165, 1.54) is 7.11 Å². The van der Waals surface area contributed by atoms with Gasteiger partial charge in [0.1, 0.15) is 11.3 Å². The highest BCUT2D eigenvalue weighted by Crippen LogP contribution is 2.28. The van der Waals surface area contributed by atoms with Gasteiger partial charge in [-0.15, -0.1) is 0 Å². The predicted molar refractivity (Wildman–Crippen MR) is 127 cm³/mol. The molecule has 0 bridgehead atoms.